The number of alkyl halides is 3. The van der Waals surface area contributed by atoms with Crippen LogP contribution in [0.1, 0.15) is 24.6 Å². The second-order valence-electron chi connectivity index (χ2n) is 3.52. The fourth-order valence-electron chi connectivity index (χ4n) is 1.39. The first-order chi connectivity index (χ1) is 7.32. The molecule has 1 aliphatic rings. The minimum atomic E-state index is -4.71. The van der Waals surface area contributed by atoms with E-state index in [2.05, 4.69) is 0 Å². The van der Waals surface area contributed by atoms with Crippen molar-refractivity contribution in [2.45, 2.75) is 25.1 Å². The van der Waals surface area contributed by atoms with E-state index in [1.807, 2.05) is 0 Å². The van der Waals surface area contributed by atoms with Crippen molar-refractivity contribution in [2.24, 2.45) is 0 Å². The maximum absolute atomic E-state index is 12.4. The number of hydrogen-bond donors (Lipinski definition) is 1. The summed E-state index contributed by atoms with van der Waals surface area (Å²) in [7, 11) is 0. The molecule has 8 heteroatoms. The van der Waals surface area contributed by atoms with E-state index in [1.54, 1.807) is 4.98 Å². The molecule has 0 atom stereocenters. The number of aromatic nitrogens is 2. The number of hydrogen-bond acceptors (Lipinski definition) is 2. The summed E-state index contributed by atoms with van der Waals surface area (Å²) >= 11 is 1.31. The summed E-state index contributed by atoms with van der Waals surface area (Å²) in [6.45, 7) is 0. The summed E-state index contributed by atoms with van der Waals surface area (Å²) in [6.07, 6.45) is -3.40. The highest BCUT2D eigenvalue weighted by molar-refractivity contribution is 14.1. The zero-order valence-electron chi connectivity index (χ0n) is 7.77. The van der Waals surface area contributed by atoms with Gasteiger partial charge in [-0.2, -0.15) is 13.2 Å². The lowest BCUT2D eigenvalue weighted by Gasteiger charge is -2.10. The maximum Gasteiger partial charge on any atom is 0.432 e. The van der Waals surface area contributed by atoms with Crippen molar-refractivity contribution in [3.63, 3.8) is 0 Å². The molecule has 0 amide bonds. The number of aromatic amines is 1. The molecule has 0 radical (unpaired) electrons. The quantitative estimate of drug-likeness (QED) is 0.784. The zero-order chi connectivity index (χ0) is 12.1. The Hall–Kier alpha value is -0.800. The van der Waals surface area contributed by atoms with Crippen LogP contribution in [-0.2, 0) is 6.18 Å². The average Bonchev–Trinajstić information content (AvgIpc) is 2.93. The fourth-order valence-corrected chi connectivity index (χ4v) is 2.09. The van der Waals surface area contributed by atoms with Crippen LogP contribution in [0.25, 0.3) is 0 Å². The average molecular weight is 346 g/mol. The van der Waals surface area contributed by atoms with Crippen LogP contribution in [0.15, 0.2) is 9.59 Å². The number of halogens is 4. The van der Waals surface area contributed by atoms with Gasteiger partial charge in [0.05, 0.1) is 0 Å². The molecular weight excluding hydrogens is 340 g/mol. The zero-order valence-corrected chi connectivity index (χ0v) is 9.92. The van der Waals surface area contributed by atoms with Gasteiger partial charge in [-0.3, -0.25) is 9.36 Å². The van der Waals surface area contributed by atoms with E-state index in [-0.39, 0.29) is 6.04 Å². The predicted octanol–water partition coefficient (Wildman–Crippen LogP) is 1.49. The first-order valence-electron chi connectivity index (χ1n) is 4.44. The summed E-state index contributed by atoms with van der Waals surface area (Å²) in [5, 5.41) is 0. The summed E-state index contributed by atoms with van der Waals surface area (Å²) < 4.78 is 37.7. The van der Waals surface area contributed by atoms with Gasteiger partial charge in [-0.25, -0.2) is 4.79 Å². The first-order valence-corrected chi connectivity index (χ1v) is 5.51. The van der Waals surface area contributed by atoms with Crippen LogP contribution in [0.2, 0.25) is 0 Å². The summed E-state index contributed by atoms with van der Waals surface area (Å²) in [5.41, 5.74) is -3.11. The normalized spacial score (nSPS) is 16.5. The van der Waals surface area contributed by atoms with Gasteiger partial charge in [0.15, 0.2) is 0 Å². The third-order valence-corrected chi connectivity index (χ3v) is 3.27. The Morgan fingerprint density at radius 3 is 2.31 bits per heavy atom. The SMILES string of the molecule is O=c1[nH]c(C(F)(F)F)c(I)c(=O)n1C1CC1. The van der Waals surface area contributed by atoms with E-state index >= 15 is 0 Å². The third kappa shape index (κ3) is 1.89. The molecule has 1 aliphatic carbocycles. The fraction of sp³-hybridized carbons (Fsp3) is 0.500. The molecule has 0 saturated heterocycles. The summed E-state index contributed by atoms with van der Waals surface area (Å²) in [6, 6.07) is -0.243. The van der Waals surface area contributed by atoms with E-state index < -0.39 is 26.7 Å². The van der Waals surface area contributed by atoms with Gasteiger partial charge in [0.25, 0.3) is 5.56 Å². The lowest BCUT2D eigenvalue weighted by atomic mass is 10.4. The van der Waals surface area contributed by atoms with Gasteiger partial charge in [-0.1, -0.05) is 0 Å². The Bertz CT molecular complexity index is 542. The van der Waals surface area contributed by atoms with Gasteiger partial charge in [0.2, 0.25) is 0 Å². The van der Waals surface area contributed by atoms with E-state index in [0.717, 1.165) is 4.57 Å². The molecule has 1 aromatic rings. The van der Waals surface area contributed by atoms with Crippen molar-refractivity contribution in [3.8, 4) is 0 Å². The van der Waals surface area contributed by atoms with Crippen LogP contribution in [0.3, 0.4) is 0 Å². The Kier molecular flexibility index (Phi) is 2.63. The number of rotatable bonds is 1. The molecule has 1 heterocycles. The molecule has 0 aromatic carbocycles. The molecule has 0 aliphatic heterocycles. The smallest absolute Gasteiger partial charge is 0.302 e. The van der Waals surface area contributed by atoms with Gasteiger partial charge >= 0.3 is 11.9 Å². The van der Waals surface area contributed by atoms with Gasteiger partial charge in [0.1, 0.15) is 9.26 Å². The van der Waals surface area contributed by atoms with Crippen molar-refractivity contribution in [1.29, 1.82) is 0 Å². The predicted molar refractivity (Wildman–Crippen MR) is 57.3 cm³/mol. The van der Waals surface area contributed by atoms with Gasteiger partial charge in [0, 0.05) is 6.04 Å². The van der Waals surface area contributed by atoms with E-state index in [4.69, 9.17) is 0 Å². The van der Waals surface area contributed by atoms with Crippen molar-refractivity contribution in [1.82, 2.24) is 9.55 Å². The standard InChI is InChI=1S/C8H6F3IN2O2/c9-8(10,11)5-4(12)6(15)14(3-1-2-3)7(16)13-5/h3H,1-2H2,(H,13,16). The minimum absolute atomic E-state index is 0.243. The Balaban J connectivity index is 2.70. The number of nitrogens with one attached hydrogen (secondary N) is 1. The van der Waals surface area contributed by atoms with Gasteiger partial charge in [-0.15, -0.1) is 0 Å². The lowest BCUT2D eigenvalue weighted by Crippen LogP contribution is -2.39. The van der Waals surface area contributed by atoms with Crippen LogP contribution in [0.5, 0.6) is 0 Å². The van der Waals surface area contributed by atoms with E-state index in [0.29, 0.717) is 12.8 Å². The third-order valence-electron chi connectivity index (χ3n) is 2.27. The molecule has 88 valence electrons. The van der Waals surface area contributed by atoms with Crippen LogP contribution in [0.4, 0.5) is 13.2 Å². The molecule has 1 saturated carbocycles. The molecule has 0 bridgehead atoms. The first kappa shape index (κ1) is 11.7. The largest absolute Gasteiger partial charge is 0.432 e. The van der Waals surface area contributed by atoms with Gasteiger partial charge < -0.3 is 4.98 Å². The minimum Gasteiger partial charge on any atom is -0.302 e. The van der Waals surface area contributed by atoms with Crippen molar-refractivity contribution >= 4 is 22.6 Å². The molecule has 16 heavy (non-hydrogen) atoms. The summed E-state index contributed by atoms with van der Waals surface area (Å²) in [5.74, 6) is 0. The molecular formula is C8H6F3IN2O2. The van der Waals surface area contributed by atoms with Crippen molar-refractivity contribution in [3.05, 3.63) is 30.1 Å². The molecule has 2 rings (SSSR count). The molecule has 1 N–H and O–H groups in total. The molecule has 1 aromatic heterocycles. The van der Waals surface area contributed by atoms with Crippen LogP contribution >= 0.6 is 22.6 Å². The van der Waals surface area contributed by atoms with Crippen LogP contribution in [0, 0.1) is 3.57 Å². The Labute approximate surface area is 101 Å². The monoisotopic (exact) mass is 346 g/mol. The van der Waals surface area contributed by atoms with E-state index in [9.17, 15) is 22.8 Å². The highest BCUT2D eigenvalue weighted by Gasteiger charge is 2.38. The number of H-pyrrole nitrogens is 1. The Morgan fingerprint density at radius 1 is 1.31 bits per heavy atom. The molecule has 4 nitrogen and oxygen atoms in total. The molecule has 0 spiro atoms. The molecule has 0 unspecified atom stereocenters. The topological polar surface area (TPSA) is 54.9 Å². The second-order valence-corrected chi connectivity index (χ2v) is 4.60. The molecule has 1 fully saturated rings. The van der Waals surface area contributed by atoms with E-state index in [1.165, 1.54) is 22.6 Å². The Morgan fingerprint density at radius 2 is 1.88 bits per heavy atom. The number of nitrogens with zero attached hydrogens (tertiary/aromatic N) is 1. The maximum atomic E-state index is 12.4. The highest BCUT2D eigenvalue weighted by atomic mass is 127. The lowest BCUT2D eigenvalue weighted by molar-refractivity contribution is -0.142. The second kappa shape index (κ2) is 3.60. The summed E-state index contributed by atoms with van der Waals surface area (Å²) in [4.78, 5) is 24.6. The highest BCUT2D eigenvalue weighted by Crippen LogP contribution is 2.33. The van der Waals surface area contributed by atoms with Crippen molar-refractivity contribution in [2.75, 3.05) is 0 Å². The van der Waals surface area contributed by atoms with Crippen LogP contribution in [-0.4, -0.2) is 9.55 Å². The van der Waals surface area contributed by atoms with Crippen LogP contribution < -0.4 is 11.2 Å². The van der Waals surface area contributed by atoms with Crippen molar-refractivity contribution < 1.29 is 13.2 Å². The van der Waals surface area contributed by atoms with Gasteiger partial charge in [-0.05, 0) is 35.4 Å².